The summed E-state index contributed by atoms with van der Waals surface area (Å²) < 4.78 is 6.04. The summed E-state index contributed by atoms with van der Waals surface area (Å²) in [5.41, 5.74) is 1.24. The minimum Gasteiger partial charge on any atom is -0.464 e. The van der Waals surface area contributed by atoms with Gasteiger partial charge in [0.05, 0.1) is 32.7 Å². The molecule has 0 spiro atoms. The molecule has 1 heterocycles. The van der Waals surface area contributed by atoms with E-state index in [0.29, 0.717) is 19.8 Å². The zero-order chi connectivity index (χ0) is 19.8. The fraction of sp³-hybridized carbons (Fsp3) is 0.278. The monoisotopic (exact) mass is 442 g/mol. The first kappa shape index (κ1) is 21.6. The summed E-state index contributed by atoms with van der Waals surface area (Å²) in [5.74, 6) is -0.701. The number of thiophene rings is 1. The Kier molecular flexibility index (Phi) is 8.45. The van der Waals surface area contributed by atoms with Gasteiger partial charge in [0.2, 0.25) is 5.91 Å². The first-order valence-electron chi connectivity index (χ1n) is 7.95. The standard InChI is InChI=1S/C18H16Cl2N2O3S2/c1-2-25-18(24)14(7-12-8-15(19)27-17(12)20)22-16(23)10-26-13-5-3-11(9-21)4-6-13/h3-6,8,14H,2,7,10H2,1H3,(H,22,23). The third kappa shape index (κ3) is 6.74. The van der Waals surface area contributed by atoms with E-state index < -0.39 is 12.0 Å². The van der Waals surface area contributed by atoms with Gasteiger partial charge < -0.3 is 10.1 Å². The fourth-order valence-corrected chi connectivity index (χ4v) is 4.40. The van der Waals surface area contributed by atoms with Gasteiger partial charge in [0, 0.05) is 11.3 Å². The molecule has 9 heteroatoms. The number of hydrogen-bond acceptors (Lipinski definition) is 6. The fourth-order valence-electron chi connectivity index (χ4n) is 2.18. The van der Waals surface area contributed by atoms with Crippen LogP contribution < -0.4 is 5.32 Å². The van der Waals surface area contributed by atoms with Crippen LogP contribution in [0.25, 0.3) is 0 Å². The zero-order valence-corrected chi connectivity index (χ0v) is 17.5. The number of rotatable bonds is 8. The van der Waals surface area contributed by atoms with E-state index in [1.165, 1.54) is 23.1 Å². The predicted molar refractivity (Wildman–Crippen MR) is 108 cm³/mol. The minimum absolute atomic E-state index is 0.125. The van der Waals surface area contributed by atoms with Crippen molar-refractivity contribution in [2.45, 2.75) is 24.3 Å². The lowest BCUT2D eigenvalue weighted by molar-refractivity contribution is -0.147. The van der Waals surface area contributed by atoms with Crippen molar-refractivity contribution in [3.05, 3.63) is 50.1 Å². The van der Waals surface area contributed by atoms with Crippen molar-refractivity contribution >= 4 is 58.2 Å². The SMILES string of the molecule is CCOC(=O)C(Cc1cc(Cl)sc1Cl)NC(=O)CSc1ccc(C#N)cc1. The van der Waals surface area contributed by atoms with E-state index in [-0.39, 0.29) is 24.7 Å². The van der Waals surface area contributed by atoms with Crippen LogP contribution in [-0.4, -0.2) is 30.3 Å². The first-order chi connectivity index (χ1) is 12.9. The third-order valence-electron chi connectivity index (χ3n) is 3.41. The number of nitrogens with zero attached hydrogens (tertiary/aromatic N) is 1. The molecule has 1 N–H and O–H groups in total. The topological polar surface area (TPSA) is 79.2 Å². The van der Waals surface area contributed by atoms with Gasteiger partial charge in [0.1, 0.15) is 6.04 Å². The molecule has 0 saturated heterocycles. The molecule has 1 aromatic carbocycles. The molecule has 2 aromatic rings. The van der Waals surface area contributed by atoms with Crippen LogP contribution in [0.5, 0.6) is 0 Å². The second-order valence-corrected chi connectivity index (χ2v) is 8.68. The Morgan fingerprint density at radius 2 is 2.04 bits per heavy atom. The molecular formula is C18H16Cl2N2O3S2. The van der Waals surface area contributed by atoms with Gasteiger partial charge in [-0.1, -0.05) is 23.2 Å². The number of nitrogens with one attached hydrogen (secondary N) is 1. The molecule has 0 radical (unpaired) electrons. The molecule has 1 amide bonds. The molecule has 0 aliphatic rings. The Morgan fingerprint density at radius 1 is 1.33 bits per heavy atom. The maximum atomic E-state index is 12.3. The second kappa shape index (κ2) is 10.6. The van der Waals surface area contributed by atoms with E-state index in [2.05, 4.69) is 5.32 Å². The van der Waals surface area contributed by atoms with Gasteiger partial charge in [0.25, 0.3) is 0 Å². The van der Waals surface area contributed by atoms with Crippen LogP contribution in [0.15, 0.2) is 35.2 Å². The van der Waals surface area contributed by atoms with Gasteiger partial charge >= 0.3 is 5.97 Å². The smallest absolute Gasteiger partial charge is 0.328 e. The van der Waals surface area contributed by atoms with Crippen molar-refractivity contribution in [2.24, 2.45) is 0 Å². The molecule has 0 bridgehead atoms. The lowest BCUT2D eigenvalue weighted by Gasteiger charge is -2.17. The van der Waals surface area contributed by atoms with Gasteiger partial charge in [-0.05, 0) is 42.8 Å². The highest BCUT2D eigenvalue weighted by Gasteiger charge is 2.24. The van der Waals surface area contributed by atoms with E-state index in [4.69, 9.17) is 33.2 Å². The van der Waals surface area contributed by atoms with Crippen molar-refractivity contribution in [1.29, 1.82) is 5.26 Å². The normalized spacial score (nSPS) is 11.5. The molecule has 1 atom stereocenters. The predicted octanol–water partition coefficient (Wildman–Crippen LogP) is 4.31. The Balaban J connectivity index is 1.98. The van der Waals surface area contributed by atoms with E-state index in [1.54, 1.807) is 37.3 Å². The average Bonchev–Trinajstić information content (AvgIpc) is 2.97. The van der Waals surface area contributed by atoms with Crippen LogP contribution in [0, 0.1) is 11.3 Å². The number of esters is 1. The van der Waals surface area contributed by atoms with E-state index in [0.717, 1.165) is 4.90 Å². The lowest BCUT2D eigenvalue weighted by Crippen LogP contribution is -2.44. The van der Waals surface area contributed by atoms with Gasteiger partial charge in [-0.2, -0.15) is 5.26 Å². The van der Waals surface area contributed by atoms with Crippen LogP contribution in [0.1, 0.15) is 18.1 Å². The Bertz CT molecular complexity index is 847. The maximum absolute atomic E-state index is 12.3. The number of ether oxygens (including phenoxy) is 1. The molecular weight excluding hydrogens is 427 g/mol. The van der Waals surface area contributed by atoms with Crippen LogP contribution in [0.3, 0.4) is 0 Å². The van der Waals surface area contributed by atoms with Crippen LogP contribution >= 0.6 is 46.3 Å². The summed E-state index contributed by atoms with van der Waals surface area (Å²) in [4.78, 5) is 25.3. The average molecular weight is 443 g/mol. The van der Waals surface area contributed by atoms with E-state index in [1.807, 2.05) is 6.07 Å². The summed E-state index contributed by atoms with van der Waals surface area (Å²) in [6.45, 7) is 1.91. The van der Waals surface area contributed by atoms with Crippen LogP contribution in [0.4, 0.5) is 0 Å². The highest BCUT2D eigenvalue weighted by atomic mass is 35.5. The number of amides is 1. The van der Waals surface area contributed by atoms with Gasteiger partial charge in [-0.15, -0.1) is 23.1 Å². The van der Waals surface area contributed by atoms with Gasteiger partial charge in [-0.3, -0.25) is 4.79 Å². The number of halogens is 2. The molecule has 0 fully saturated rings. The number of thioether (sulfide) groups is 1. The molecule has 0 aliphatic heterocycles. The maximum Gasteiger partial charge on any atom is 0.328 e. The highest BCUT2D eigenvalue weighted by Crippen LogP contribution is 2.32. The highest BCUT2D eigenvalue weighted by molar-refractivity contribution is 8.00. The number of carbonyl (C=O) groups is 2. The number of hydrogen-bond donors (Lipinski definition) is 1. The summed E-state index contributed by atoms with van der Waals surface area (Å²) in [6.07, 6.45) is 0.203. The summed E-state index contributed by atoms with van der Waals surface area (Å²) >= 11 is 14.6. The molecule has 5 nitrogen and oxygen atoms in total. The van der Waals surface area contributed by atoms with Crippen molar-refractivity contribution < 1.29 is 14.3 Å². The summed E-state index contributed by atoms with van der Waals surface area (Å²) in [6, 6.07) is 9.78. The lowest BCUT2D eigenvalue weighted by atomic mass is 10.1. The number of nitriles is 1. The Hall–Kier alpha value is -1.72. The van der Waals surface area contributed by atoms with Crippen molar-refractivity contribution in [2.75, 3.05) is 12.4 Å². The Labute approximate surface area is 175 Å². The zero-order valence-electron chi connectivity index (χ0n) is 14.3. The molecule has 142 valence electrons. The van der Waals surface area contributed by atoms with Crippen LogP contribution in [-0.2, 0) is 20.7 Å². The van der Waals surface area contributed by atoms with Crippen molar-refractivity contribution in [3.63, 3.8) is 0 Å². The van der Waals surface area contributed by atoms with Gasteiger partial charge in [0.15, 0.2) is 0 Å². The van der Waals surface area contributed by atoms with Gasteiger partial charge in [-0.25, -0.2) is 4.79 Å². The quantitative estimate of drug-likeness (QED) is 0.486. The third-order valence-corrected chi connectivity index (χ3v) is 5.99. The molecule has 1 unspecified atom stereocenters. The van der Waals surface area contributed by atoms with E-state index in [9.17, 15) is 9.59 Å². The minimum atomic E-state index is -0.845. The van der Waals surface area contributed by atoms with Crippen molar-refractivity contribution in [3.8, 4) is 6.07 Å². The second-order valence-electron chi connectivity index (χ2n) is 5.35. The number of benzene rings is 1. The summed E-state index contributed by atoms with van der Waals surface area (Å²) in [5, 5.41) is 11.5. The number of carbonyl (C=O) groups excluding carboxylic acids is 2. The first-order valence-corrected chi connectivity index (χ1v) is 10.5. The largest absolute Gasteiger partial charge is 0.464 e. The summed E-state index contributed by atoms with van der Waals surface area (Å²) in [7, 11) is 0. The molecule has 0 saturated carbocycles. The molecule has 27 heavy (non-hydrogen) atoms. The molecule has 2 rings (SSSR count). The van der Waals surface area contributed by atoms with Crippen molar-refractivity contribution in [1.82, 2.24) is 5.32 Å². The van der Waals surface area contributed by atoms with E-state index >= 15 is 0 Å². The molecule has 1 aromatic heterocycles. The molecule has 0 aliphatic carbocycles. The van der Waals surface area contributed by atoms with Crippen LogP contribution in [0.2, 0.25) is 8.67 Å². The Morgan fingerprint density at radius 3 is 2.59 bits per heavy atom.